The summed E-state index contributed by atoms with van der Waals surface area (Å²) in [6.45, 7) is 8.74. The highest BCUT2D eigenvalue weighted by molar-refractivity contribution is 9.10. The van der Waals surface area contributed by atoms with E-state index in [4.69, 9.17) is 4.74 Å². The van der Waals surface area contributed by atoms with Gasteiger partial charge in [-0.25, -0.2) is 0 Å². The molecule has 15 heavy (non-hydrogen) atoms. The molecule has 1 rings (SSSR count). The SMILES string of the molecule is COc1cc(C(C)C)cc(Br)c1C(C)C. The van der Waals surface area contributed by atoms with Crippen molar-refractivity contribution in [3.63, 3.8) is 0 Å². The van der Waals surface area contributed by atoms with E-state index in [0.29, 0.717) is 11.8 Å². The van der Waals surface area contributed by atoms with E-state index in [0.717, 1.165) is 10.2 Å². The van der Waals surface area contributed by atoms with Crippen molar-refractivity contribution in [3.8, 4) is 5.75 Å². The van der Waals surface area contributed by atoms with Gasteiger partial charge in [0.1, 0.15) is 5.75 Å². The van der Waals surface area contributed by atoms with Crippen LogP contribution in [0, 0.1) is 0 Å². The molecule has 1 aromatic carbocycles. The van der Waals surface area contributed by atoms with Gasteiger partial charge in [-0.15, -0.1) is 0 Å². The lowest BCUT2D eigenvalue weighted by molar-refractivity contribution is 0.406. The predicted molar refractivity (Wildman–Crippen MR) is 68.9 cm³/mol. The summed E-state index contributed by atoms with van der Waals surface area (Å²) in [6.07, 6.45) is 0. The summed E-state index contributed by atoms with van der Waals surface area (Å²) in [5, 5.41) is 0. The molecule has 1 nitrogen and oxygen atoms in total. The van der Waals surface area contributed by atoms with Crippen LogP contribution in [0.3, 0.4) is 0 Å². The van der Waals surface area contributed by atoms with Crippen LogP contribution in [0.4, 0.5) is 0 Å². The predicted octanol–water partition coefficient (Wildman–Crippen LogP) is 4.70. The van der Waals surface area contributed by atoms with Crippen molar-refractivity contribution in [2.75, 3.05) is 7.11 Å². The number of hydrogen-bond acceptors (Lipinski definition) is 1. The fourth-order valence-electron chi connectivity index (χ4n) is 1.68. The van der Waals surface area contributed by atoms with Crippen LogP contribution in [0.2, 0.25) is 0 Å². The van der Waals surface area contributed by atoms with E-state index in [1.54, 1.807) is 7.11 Å². The average Bonchev–Trinajstić information content (AvgIpc) is 2.15. The first-order valence-electron chi connectivity index (χ1n) is 5.34. The third-order valence-electron chi connectivity index (χ3n) is 2.58. The fraction of sp³-hybridized carbons (Fsp3) is 0.538. The molecule has 0 aliphatic rings. The minimum atomic E-state index is 0.468. The molecule has 0 N–H and O–H groups in total. The van der Waals surface area contributed by atoms with Crippen LogP contribution in [-0.2, 0) is 0 Å². The van der Waals surface area contributed by atoms with Crippen LogP contribution in [0.15, 0.2) is 16.6 Å². The maximum atomic E-state index is 5.45. The van der Waals surface area contributed by atoms with E-state index >= 15 is 0 Å². The van der Waals surface area contributed by atoms with E-state index in [1.807, 2.05) is 0 Å². The summed E-state index contributed by atoms with van der Waals surface area (Å²) >= 11 is 3.63. The van der Waals surface area contributed by atoms with E-state index < -0.39 is 0 Å². The smallest absolute Gasteiger partial charge is 0.123 e. The number of rotatable bonds is 3. The Bertz CT molecular complexity index is 343. The second-order valence-electron chi connectivity index (χ2n) is 4.43. The van der Waals surface area contributed by atoms with E-state index in [-0.39, 0.29) is 0 Å². The summed E-state index contributed by atoms with van der Waals surface area (Å²) in [5.41, 5.74) is 2.56. The third-order valence-corrected chi connectivity index (χ3v) is 3.23. The standard InChI is InChI=1S/C13H19BrO/c1-8(2)10-6-11(14)13(9(3)4)12(7-10)15-5/h6-9H,1-5H3. The molecule has 0 spiro atoms. The molecule has 2 heteroatoms. The number of methoxy groups -OCH3 is 1. The molecule has 0 atom stereocenters. The summed E-state index contributed by atoms with van der Waals surface area (Å²) < 4.78 is 6.60. The topological polar surface area (TPSA) is 9.23 Å². The lowest BCUT2D eigenvalue weighted by Gasteiger charge is -2.17. The Hall–Kier alpha value is -0.500. The molecule has 0 amide bonds. The van der Waals surface area contributed by atoms with Gasteiger partial charge in [0.15, 0.2) is 0 Å². The summed E-state index contributed by atoms with van der Waals surface area (Å²) in [6, 6.07) is 4.34. The van der Waals surface area contributed by atoms with Crippen LogP contribution in [0.5, 0.6) is 5.75 Å². The van der Waals surface area contributed by atoms with Gasteiger partial charge in [-0.05, 0) is 29.5 Å². The van der Waals surface area contributed by atoms with Crippen LogP contribution in [0.1, 0.15) is 50.7 Å². The van der Waals surface area contributed by atoms with Gasteiger partial charge in [-0.3, -0.25) is 0 Å². The lowest BCUT2D eigenvalue weighted by atomic mass is 9.96. The number of benzene rings is 1. The first-order valence-corrected chi connectivity index (χ1v) is 6.14. The summed E-state index contributed by atoms with van der Waals surface area (Å²) in [7, 11) is 1.73. The largest absolute Gasteiger partial charge is 0.496 e. The van der Waals surface area contributed by atoms with Crippen LogP contribution < -0.4 is 4.74 Å². The van der Waals surface area contributed by atoms with Crippen molar-refractivity contribution in [2.45, 2.75) is 39.5 Å². The Morgan fingerprint density at radius 1 is 1.07 bits per heavy atom. The quantitative estimate of drug-likeness (QED) is 0.774. The van der Waals surface area contributed by atoms with Gasteiger partial charge >= 0.3 is 0 Å². The summed E-state index contributed by atoms with van der Waals surface area (Å²) in [5.74, 6) is 1.98. The van der Waals surface area contributed by atoms with E-state index in [2.05, 4.69) is 55.8 Å². The highest BCUT2D eigenvalue weighted by Crippen LogP contribution is 2.36. The maximum Gasteiger partial charge on any atom is 0.123 e. The van der Waals surface area contributed by atoms with Crippen molar-refractivity contribution >= 4 is 15.9 Å². The van der Waals surface area contributed by atoms with Crippen molar-refractivity contribution in [1.29, 1.82) is 0 Å². The monoisotopic (exact) mass is 270 g/mol. The Kier molecular flexibility index (Phi) is 4.21. The van der Waals surface area contributed by atoms with Crippen molar-refractivity contribution in [3.05, 3.63) is 27.7 Å². The van der Waals surface area contributed by atoms with Crippen molar-refractivity contribution in [1.82, 2.24) is 0 Å². The Morgan fingerprint density at radius 3 is 2.07 bits per heavy atom. The molecule has 0 unspecified atom stereocenters. The number of ether oxygens (including phenoxy) is 1. The Labute approximate surface area is 101 Å². The molecule has 0 radical (unpaired) electrons. The summed E-state index contributed by atoms with van der Waals surface area (Å²) in [4.78, 5) is 0. The molecule has 0 aliphatic carbocycles. The second kappa shape index (κ2) is 5.02. The number of halogens is 1. The maximum absolute atomic E-state index is 5.45. The van der Waals surface area contributed by atoms with Gasteiger partial charge in [0, 0.05) is 10.0 Å². The molecule has 0 bridgehead atoms. The fourth-order valence-corrected chi connectivity index (χ4v) is 2.59. The molecule has 0 heterocycles. The number of hydrogen-bond donors (Lipinski definition) is 0. The Morgan fingerprint density at radius 2 is 1.67 bits per heavy atom. The van der Waals surface area contributed by atoms with Crippen LogP contribution in [-0.4, -0.2) is 7.11 Å². The van der Waals surface area contributed by atoms with Gasteiger partial charge in [0.25, 0.3) is 0 Å². The minimum Gasteiger partial charge on any atom is -0.496 e. The molecule has 0 saturated carbocycles. The molecular weight excluding hydrogens is 252 g/mol. The highest BCUT2D eigenvalue weighted by Gasteiger charge is 2.14. The van der Waals surface area contributed by atoms with Crippen LogP contribution >= 0.6 is 15.9 Å². The minimum absolute atomic E-state index is 0.468. The molecular formula is C13H19BrO. The highest BCUT2D eigenvalue weighted by atomic mass is 79.9. The van der Waals surface area contributed by atoms with Crippen molar-refractivity contribution in [2.24, 2.45) is 0 Å². The van der Waals surface area contributed by atoms with Crippen LogP contribution in [0.25, 0.3) is 0 Å². The Balaban J connectivity index is 3.31. The van der Waals surface area contributed by atoms with Crippen molar-refractivity contribution < 1.29 is 4.74 Å². The molecule has 84 valence electrons. The van der Waals surface area contributed by atoms with Gasteiger partial charge in [-0.2, -0.15) is 0 Å². The molecule has 0 saturated heterocycles. The van der Waals surface area contributed by atoms with Gasteiger partial charge in [0.2, 0.25) is 0 Å². The van der Waals surface area contributed by atoms with E-state index in [1.165, 1.54) is 11.1 Å². The normalized spacial score (nSPS) is 11.2. The second-order valence-corrected chi connectivity index (χ2v) is 5.28. The third kappa shape index (κ3) is 2.75. The van der Waals surface area contributed by atoms with E-state index in [9.17, 15) is 0 Å². The molecule has 0 fully saturated rings. The average molecular weight is 271 g/mol. The molecule has 0 aliphatic heterocycles. The zero-order valence-corrected chi connectivity index (χ0v) is 11.7. The first-order chi connectivity index (χ1) is 6.97. The van der Waals surface area contributed by atoms with Gasteiger partial charge < -0.3 is 4.74 Å². The zero-order valence-electron chi connectivity index (χ0n) is 10.1. The molecule has 0 aromatic heterocycles. The first kappa shape index (κ1) is 12.6. The lowest BCUT2D eigenvalue weighted by Crippen LogP contribution is -1.98. The zero-order chi connectivity index (χ0) is 11.6. The van der Waals surface area contributed by atoms with Gasteiger partial charge in [-0.1, -0.05) is 43.6 Å². The van der Waals surface area contributed by atoms with Gasteiger partial charge in [0.05, 0.1) is 7.11 Å². The molecule has 1 aromatic rings.